The van der Waals surface area contributed by atoms with Gasteiger partial charge in [0.1, 0.15) is 0 Å². The maximum Gasteiger partial charge on any atom is 0.255 e. The Bertz CT molecular complexity index is 171. The number of hydrogen-bond acceptors (Lipinski definition) is 4. The number of nitrogens with zero attached hydrogens (tertiary/aromatic N) is 2. The summed E-state index contributed by atoms with van der Waals surface area (Å²) in [6.07, 6.45) is 3.29. The molecule has 1 aromatic rings. The van der Waals surface area contributed by atoms with E-state index in [1.165, 1.54) is 19.4 Å². The third-order valence-corrected chi connectivity index (χ3v) is 0.988. The van der Waals surface area contributed by atoms with E-state index in [2.05, 4.69) is 9.97 Å². The molecule has 0 atom stereocenters. The van der Waals surface area contributed by atoms with E-state index in [1.807, 2.05) is 0 Å². The second-order valence-electron chi connectivity index (χ2n) is 1.54. The Balaban J connectivity index is 2.64. The lowest BCUT2D eigenvalue weighted by Gasteiger charge is -2.13. The van der Waals surface area contributed by atoms with Gasteiger partial charge in [-0.3, -0.25) is 0 Å². The zero-order valence-corrected chi connectivity index (χ0v) is 5.87. The van der Waals surface area contributed by atoms with E-state index in [1.54, 1.807) is 12.4 Å². The summed E-state index contributed by atoms with van der Waals surface area (Å²) in [5.41, 5.74) is 0. The fourth-order valence-corrected chi connectivity index (χ4v) is 0.604. The van der Waals surface area contributed by atoms with Crippen LogP contribution in [-0.2, 0) is 9.68 Å². The summed E-state index contributed by atoms with van der Waals surface area (Å²) < 4.78 is 0. The van der Waals surface area contributed by atoms with Gasteiger partial charge in [-0.2, -0.15) is 0 Å². The molecule has 0 saturated carbocycles. The fourth-order valence-electron chi connectivity index (χ4n) is 0.604. The minimum atomic E-state index is 0.519. The maximum atomic E-state index is 4.76. The van der Waals surface area contributed by atoms with Crippen molar-refractivity contribution in [3.8, 4) is 0 Å². The van der Waals surface area contributed by atoms with Crippen molar-refractivity contribution in [3.05, 3.63) is 12.4 Å². The van der Waals surface area contributed by atoms with Crippen LogP contribution < -0.4 is 5.23 Å². The lowest BCUT2D eigenvalue weighted by molar-refractivity contribution is -0.0468. The van der Waals surface area contributed by atoms with E-state index in [0.29, 0.717) is 5.95 Å². The van der Waals surface area contributed by atoms with Crippen LogP contribution in [0.15, 0.2) is 12.4 Å². The van der Waals surface area contributed by atoms with E-state index in [-0.39, 0.29) is 0 Å². The van der Waals surface area contributed by atoms with E-state index in [9.17, 15) is 0 Å². The molecule has 0 aliphatic heterocycles. The quantitative estimate of drug-likeness (QED) is 0.620. The molecule has 0 aliphatic carbocycles. The van der Waals surface area contributed by atoms with Crippen LogP contribution in [0.25, 0.3) is 0 Å². The van der Waals surface area contributed by atoms with Gasteiger partial charge in [0.2, 0.25) is 0 Å². The summed E-state index contributed by atoms with van der Waals surface area (Å²) in [5.74, 6) is 0.519. The molecule has 5 heteroatoms. The topological polar surface area (TPSA) is 50.4 Å². The molecule has 1 N–H and O–H groups in total. The van der Waals surface area contributed by atoms with Crippen LogP contribution in [0.3, 0.4) is 0 Å². The van der Waals surface area contributed by atoms with Gasteiger partial charge in [0.15, 0.2) is 0 Å². The van der Waals surface area contributed by atoms with Crippen LogP contribution in [-0.4, -0.2) is 24.2 Å². The number of imidazole rings is 1. The maximum absolute atomic E-state index is 4.76. The molecule has 0 aliphatic rings. The highest BCUT2D eigenvalue weighted by Crippen LogP contribution is 2.03. The Hall–Kier alpha value is -1.07. The number of aromatic nitrogens is 2. The number of rotatable bonds is 3. The van der Waals surface area contributed by atoms with Gasteiger partial charge in [-0.15, -0.1) is 0 Å². The number of hydrogen-bond donors (Lipinski definition) is 1. The second-order valence-corrected chi connectivity index (χ2v) is 1.54. The van der Waals surface area contributed by atoms with Crippen molar-refractivity contribution in [3.63, 3.8) is 0 Å². The standard InChI is InChI=1S/C5H9N3O2/c1-9-8(10-2)5-6-3-4-7-5/h3-4H,1-2H3,(H,6,7). The van der Waals surface area contributed by atoms with Crippen molar-refractivity contribution in [1.29, 1.82) is 0 Å². The first kappa shape index (κ1) is 7.04. The molecule has 0 unspecified atom stereocenters. The van der Waals surface area contributed by atoms with Crippen molar-refractivity contribution in [2.24, 2.45) is 0 Å². The Morgan fingerprint density at radius 2 is 2.20 bits per heavy atom. The third kappa shape index (κ3) is 1.26. The molecule has 0 spiro atoms. The molecular formula is C5H9N3O2. The van der Waals surface area contributed by atoms with Crippen molar-refractivity contribution >= 4 is 5.95 Å². The van der Waals surface area contributed by atoms with Crippen LogP contribution in [0.5, 0.6) is 0 Å². The van der Waals surface area contributed by atoms with Gasteiger partial charge in [-0.1, -0.05) is 5.23 Å². The Morgan fingerprint density at radius 1 is 1.50 bits per heavy atom. The Labute approximate surface area is 58.5 Å². The largest absolute Gasteiger partial charge is 0.327 e. The predicted octanol–water partition coefficient (Wildman–Crippen LogP) is 0.339. The molecule has 1 heterocycles. The number of anilines is 1. The van der Waals surface area contributed by atoms with Crippen molar-refractivity contribution in [1.82, 2.24) is 9.97 Å². The normalized spacial score (nSPS) is 9.80. The molecule has 1 aromatic heterocycles. The van der Waals surface area contributed by atoms with Gasteiger partial charge < -0.3 is 4.98 Å². The average Bonchev–Trinajstić information content (AvgIpc) is 2.43. The lowest BCUT2D eigenvalue weighted by Crippen LogP contribution is -2.20. The van der Waals surface area contributed by atoms with E-state index in [0.717, 1.165) is 0 Å². The summed E-state index contributed by atoms with van der Waals surface area (Å²) in [5, 5.41) is 1.17. The monoisotopic (exact) mass is 143 g/mol. The summed E-state index contributed by atoms with van der Waals surface area (Å²) >= 11 is 0. The molecule has 0 aromatic carbocycles. The minimum Gasteiger partial charge on any atom is -0.327 e. The van der Waals surface area contributed by atoms with Crippen molar-refractivity contribution in [2.75, 3.05) is 19.4 Å². The number of H-pyrrole nitrogens is 1. The molecule has 10 heavy (non-hydrogen) atoms. The first-order chi connectivity index (χ1) is 4.88. The molecule has 1 rings (SSSR count). The van der Waals surface area contributed by atoms with Gasteiger partial charge in [-0.25, -0.2) is 14.7 Å². The second kappa shape index (κ2) is 3.19. The summed E-state index contributed by atoms with van der Waals surface area (Å²) in [6.45, 7) is 0. The first-order valence-electron chi connectivity index (χ1n) is 2.76. The van der Waals surface area contributed by atoms with Crippen molar-refractivity contribution < 1.29 is 9.68 Å². The van der Waals surface area contributed by atoms with Gasteiger partial charge in [0.25, 0.3) is 5.95 Å². The van der Waals surface area contributed by atoms with E-state index < -0.39 is 0 Å². The zero-order chi connectivity index (χ0) is 7.40. The highest BCUT2D eigenvalue weighted by atomic mass is 16.9. The van der Waals surface area contributed by atoms with E-state index in [4.69, 9.17) is 9.68 Å². The minimum absolute atomic E-state index is 0.519. The highest BCUT2D eigenvalue weighted by molar-refractivity contribution is 5.19. The summed E-state index contributed by atoms with van der Waals surface area (Å²) in [6, 6.07) is 0. The van der Waals surface area contributed by atoms with Crippen LogP contribution in [0, 0.1) is 0 Å². The molecule has 0 radical (unpaired) electrons. The first-order valence-corrected chi connectivity index (χ1v) is 2.76. The Morgan fingerprint density at radius 3 is 2.60 bits per heavy atom. The predicted molar refractivity (Wildman–Crippen MR) is 35.1 cm³/mol. The van der Waals surface area contributed by atoms with Gasteiger partial charge in [0, 0.05) is 12.4 Å². The molecule has 0 bridgehead atoms. The molecule has 0 amide bonds. The zero-order valence-electron chi connectivity index (χ0n) is 5.87. The van der Waals surface area contributed by atoms with Crippen LogP contribution in [0.2, 0.25) is 0 Å². The number of aromatic amines is 1. The molecule has 0 fully saturated rings. The van der Waals surface area contributed by atoms with Crippen LogP contribution in [0.1, 0.15) is 0 Å². The smallest absolute Gasteiger partial charge is 0.255 e. The molecular weight excluding hydrogens is 134 g/mol. The van der Waals surface area contributed by atoms with E-state index >= 15 is 0 Å². The molecule has 5 nitrogen and oxygen atoms in total. The summed E-state index contributed by atoms with van der Waals surface area (Å²) in [7, 11) is 2.98. The molecule has 56 valence electrons. The van der Waals surface area contributed by atoms with Crippen LogP contribution >= 0.6 is 0 Å². The molecule has 0 saturated heterocycles. The van der Waals surface area contributed by atoms with Crippen molar-refractivity contribution in [2.45, 2.75) is 0 Å². The summed E-state index contributed by atoms with van der Waals surface area (Å²) in [4.78, 5) is 16.2. The SMILES string of the molecule is CON(OC)c1ncc[nH]1. The van der Waals surface area contributed by atoms with Gasteiger partial charge >= 0.3 is 0 Å². The third-order valence-electron chi connectivity index (χ3n) is 0.988. The van der Waals surface area contributed by atoms with Gasteiger partial charge in [0.05, 0.1) is 14.2 Å². The van der Waals surface area contributed by atoms with Crippen LogP contribution in [0.4, 0.5) is 5.95 Å². The average molecular weight is 143 g/mol. The highest BCUT2D eigenvalue weighted by Gasteiger charge is 2.04. The Kier molecular flexibility index (Phi) is 2.24. The fraction of sp³-hybridized carbons (Fsp3) is 0.400. The lowest BCUT2D eigenvalue weighted by atomic mass is 11.0. The number of nitrogens with one attached hydrogen (secondary N) is 1. The van der Waals surface area contributed by atoms with Gasteiger partial charge in [-0.05, 0) is 0 Å².